The van der Waals surface area contributed by atoms with E-state index in [-0.39, 0.29) is 0 Å². The van der Waals surface area contributed by atoms with Gasteiger partial charge in [0.1, 0.15) is 5.82 Å². The first-order valence-electron chi connectivity index (χ1n) is 11.9. The standard InChI is InChI=1S/C22H29N5.C4H8O/c1-6-18-22(26(5)14-16-10-11-16)20-9-7-8-19(27(20)24-18)17-13-23-21(25(3)4)12-15(17)2;1-2-4-5-3-1/h7-9,12-13,16H,6,10-11,14H2,1-5H3;1-4H2. The molecule has 4 heterocycles. The maximum atomic E-state index is 4.99. The number of nitrogens with zero attached hydrogens (tertiary/aromatic N) is 5. The van der Waals surface area contributed by atoms with E-state index in [1.165, 1.54) is 48.1 Å². The summed E-state index contributed by atoms with van der Waals surface area (Å²) in [6.07, 6.45) is 8.18. The summed E-state index contributed by atoms with van der Waals surface area (Å²) in [5.74, 6) is 1.82. The van der Waals surface area contributed by atoms with Gasteiger partial charge in [0, 0.05) is 52.7 Å². The van der Waals surface area contributed by atoms with Gasteiger partial charge in [-0.25, -0.2) is 9.50 Å². The Kier molecular flexibility index (Phi) is 6.99. The molecular weight excluding hydrogens is 398 g/mol. The average molecular weight is 436 g/mol. The normalized spacial score (nSPS) is 15.5. The van der Waals surface area contributed by atoms with E-state index in [9.17, 15) is 0 Å². The quantitative estimate of drug-likeness (QED) is 0.547. The van der Waals surface area contributed by atoms with Crippen LogP contribution >= 0.6 is 0 Å². The van der Waals surface area contributed by atoms with Gasteiger partial charge in [-0.05, 0) is 68.7 Å². The smallest absolute Gasteiger partial charge is 0.128 e. The molecule has 1 saturated heterocycles. The highest BCUT2D eigenvalue weighted by molar-refractivity contribution is 5.79. The predicted octanol–water partition coefficient (Wildman–Crippen LogP) is 4.98. The van der Waals surface area contributed by atoms with Gasteiger partial charge in [0.15, 0.2) is 0 Å². The molecule has 0 spiro atoms. The third-order valence-electron chi connectivity index (χ3n) is 6.30. The van der Waals surface area contributed by atoms with Crippen LogP contribution in [0.3, 0.4) is 0 Å². The van der Waals surface area contributed by atoms with Crippen molar-refractivity contribution in [2.75, 3.05) is 50.7 Å². The first-order valence-corrected chi connectivity index (χ1v) is 11.9. The Balaban J connectivity index is 0.000000433. The first-order chi connectivity index (χ1) is 15.5. The third-order valence-corrected chi connectivity index (χ3v) is 6.30. The zero-order valence-corrected chi connectivity index (χ0v) is 20.3. The van der Waals surface area contributed by atoms with Crippen molar-refractivity contribution in [3.63, 3.8) is 0 Å². The molecule has 1 aliphatic heterocycles. The van der Waals surface area contributed by atoms with E-state index in [1.807, 2.05) is 25.2 Å². The van der Waals surface area contributed by atoms with E-state index in [4.69, 9.17) is 9.84 Å². The highest BCUT2D eigenvalue weighted by Crippen LogP contribution is 2.35. The molecule has 1 aliphatic carbocycles. The van der Waals surface area contributed by atoms with Gasteiger partial charge < -0.3 is 14.5 Å². The van der Waals surface area contributed by atoms with Crippen molar-refractivity contribution in [1.29, 1.82) is 0 Å². The Morgan fingerprint density at radius 2 is 1.88 bits per heavy atom. The summed E-state index contributed by atoms with van der Waals surface area (Å²) < 4.78 is 7.05. The minimum atomic E-state index is 0.850. The molecule has 1 saturated carbocycles. The SMILES string of the molecule is C1CCOC1.CCc1nn2c(-c3cnc(N(C)C)cc3C)cccc2c1N(C)CC1CC1. The minimum Gasteiger partial charge on any atom is -0.381 e. The van der Waals surface area contributed by atoms with E-state index >= 15 is 0 Å². The first kappa shape index (κ1) is 22.6. The van der Waals surface area contributed by atoms with E-state index in [1.54, 1.807) is 0 Å². The second kappa shape index (κ2) is 9.90. The molecule has 6 nitrogen and oxygen atoms in total. The fourth-order valence-corrected chi connectivity index (χ4v) is 4.31. The number of aryl methyl sites for hydroxylation is 2. The molecule has 0 amide bonds. The van der Waals surface area contributed by atoms with Gasteiger partial charge in [-0.1, -0.05) is 13.0 Å². The summed E-state index contributed by atoms with van der Waals surface area (Å²) in [5, 5.41) is 4.99. The van der Waals surface area contributed by atoms with Crippen LogP contribution in [0, 0.1) is 12.8 Å². The molecule has 5 rings (SSSR count). The summed E-state index contributed by atoms with van der Waals surface area (Å²) in [6, 6.07) is 8.60. The van der Waals surface area contributed by atoms with E-state index in [0.717, 1.165) is 49.2 Å². The summed E-state index contributed by atoms with van der Waals surface area (Å²) in [7, 11) is 6.25. The van der Waals surface area contributed by atoms with Crippen LogP contribution in [0.5, 0.6) is 0 Å². The largest absolute Gasteiger partial charge is 0.381 e. The zero-order chi connectivity index (χ0) is 22.7. The van der Waals surface area contributed by atoms with Gasteiger partial charge in [-0.15, -0.1) is 0 Å². The Morgan fingerprint density at radius 1 is 1.12 bits per heavy atom. The average Bonchev–Trinajstić information content (AvgIpc) is 3.26. The topological polar surface area (TPSA) is 45.9 Å². The van der Waals surface area contributed by atoms with Crippen LogP contribution in [-0.2, 0) is 11.2 Å². The van der Waals surface area contributed by atoms with Crippen LogP contribution in [-0.4, -0.2) is 55.5 Å². The third kappa shape index (κ3) is 4.90. The number of ether oxygens (including phenoxy) is 1. The van der Waals surface area contributed by atoms with Gasteiger partial charge >= 0.3 is 0 Å². The zero-order valence-electron chi connectivity index (χ0n) is 20.3. The summed E-state index contributed by atoms with van der Waals surface area (Å²) in [4.78, 5) is 9.07. The fourth-order valence-electron chi connectivity index (χ4n) is 4.31. The Hall–Kier alpha value is -2.60. The highest BCUT2D eigenvalue weighted by Gasteiger charge is 2.26. The molecule has 0 unspecified atom stereocenters. The van der Waals surface area contributed by atoms with Gasteiger partial charge in [0.2, 0.25) is 0 Å². The molecule has 3 aromatic rings. The molecule has 6 heteroatoms. The summed E-state index contributed by atoms with van der Waals surface area (Å²) in [6.45, 7) is 7.46. The molecule has 0 N–H and O–H groups in total. The van der Waals surface area contributed by atoms with Crippen LogP contribution in [0.25, 0.3) is 16.8 Å². The molecular formula is C26H37N5O. The predicted molar refractivity (Wildman–Crippen MR) is 133 cm³/mol. The molecule has 2 aliphatic rings. The molecule has 172 valence electrons. The maximum Gasteiger partial charge on any atom is 0.128 e. The Bertz CT molecular complexity index is 1040. The second-order valence-electron chi connectivity index (χ2n) is 9.25. The van der Waals surface area contributed by atoms with Crippen molar-refractivity contribution in [3.05, 3.63) is 41.7 Å². The van der Waals surface area contributed by atoms with Gasteiger partial charge in [-0.3, -0.25) is 0 Å². The lowest BCUT2D eigenvalue weighted by atomic mass is 10.1. The van der Waals surface area contributed by atoms with Crippen molar-refractivity contribution < 1.29 is 4.74 Å². The lowest BCUT2D eigenvalue weighted by Gasteiger charge is -2.19. The molecule has 3 aromatic heterocycles. The van der Waals surface area contributed by atoms with Gasteiger partial charge in [-0.2, -0.15) is 5.10 Å². The number of aromatic nitrogens is 3. The van der Waals surface area contributed by atoms with Crippen molar-refractivity contribution in [2.45, 2.75) is 46.0 Å². The second-order valence-corrected chi connectivity index (χ2v) is 9.25. The van der Waals surface area contributed by atoms with Crippen molar-refractivity contribution in [2.24, 2.45) is 5.92 Å². The van der Waals surface area contributed by atoms with E-state index < -0.39 is 0 Å². The number of anilines is 2. The number of hydrogen-bond donors (Lipinski definition) is 0. The number of hydrogen-bond acceptors (Lipinski definition) is 5. The van der Waals surface area contributed by atoms with Crippen LogP contribution in [0.15, 0.2) is 30.5 Å². The highest BCUT2D eigenvalue weighted by atomic mass is 16.5. The van der Waals surface area contributed by atoms with E-state index in [2.05, 4.69) is 59.6 Å². The van der Waals surface area contributed by atoms with Crippen molar-refractivity contribution >= 4 is 17.0 Å². The van der Waals surface area contributed by atoms with Crippen molar-refractivity contribution in [3.8, 4) is 11.3 Å². The van der Waals surface area contributed by atoms with Gasteiger partial charge in [0.05, 0.1) is 22.6 Å². The minimum absolute atomic E-state index is 0.850. The fraction of sp³-hybridized carbons (Fsp3) is 0.538. The Morgan fingerprint density at radius 3 is 2.44 bits per heavy atom. The van der Waals surface area contributed by atoms with Crippen LogP contribution in [0.1, 0.15) is 43.9 Å². The van der Waals surface area contributed by atoms with E-state index in [0.29, 0.717) is 0 Å². The monoisotopic (exact) mass is 435 g/mol. The van der Waals surface area contributed by atoms with Crippen LogP contribution in [0.4, 0.5) is 11.5 Å². The molecule has 0 atom stereocenters. The Labute approximate surface area is 192 Å². The lowest BCUT2D eigenvalue weighted by Crippen LogP contribution is -2.20. The molecule has 0 radical (unpaired) electrons. The molecule has 0 aromatic carbocycles. The van der Waals surface area contributed by atoms with Gasteiger partial charge in [0.25, 0.3) is 0 Å². The number of fused-ring (bicyclic) bond motifs is 1. The summed E-state index contributed by atoms with van der Waals surface area (Å²) >= 11 is 0. The molecule has 32 heavy (non-hydrogen) atoms. The summed E-state index contributed by atoms with van der Waals surface area (Å²) in [5.41, 5.74) is 7.07. The maximum absolute atomic E-state index is 4.99. The molecule has 0 bridgehead atoms. The van der Waals surface area contributed by atoms with Crippen LogP contribution in [0.2, 0.25) is 0 Å². The molecule has 2 fully saturated rings. The lowest BCUT2D eigenvalue weighted by molar-refractivity contribution is 0.198. The number of rotatable bonds is 6. The van der Waals surface area contributed by atoms with Crippen molar-refractivity contribution in [1.82, 2.24) is 14.6 Å². The number of pyridine rings is 2. The van der Waals surface area contributed by atoms with Crippen LogP contribution < -0.4 is 9.80 Å².